The van der Waals surface area contributed by atoms with E-state index in [1.54, 1.807) is 23.1 Å². The smallest absolute Gasteiger partial charge is 0.158 e. The van der Waals surface area contributed by atoms with Crippen molar-refractivity contribution in [2.75, 3.05) is 6.54 Å². The van der Waals surface area contributed by atoms with Crippen molar-refractivity contribution in [2.45, 2.75) is 6.42 Å². The summed E-state index contributed by atoms with van der Waals surface area (Å²) >= 11 is 0. The minimum Gasteiger partial charge on any atom is -0.330 e. The summed E-state index contributed by atoms with van der Waals surface area (Å²) in [7, 11) is 0. The first-order valence-electron chi connectivity index (χ1n) is 5.83. The van der Waals surface area contributed by atoms with Crippen LogP contribution in [-0.4, -0.2) is 26.1 Å². The van der Waals surface area contributed by atoms with E-state index in [-0.39, 0.29) is 0 Å². The quantitative estimate of drug-likeness (QED) is 0.747. The van der Waals surface area contributed by atoms with Gasteiger partial charge in [0, 0.05) is 35.9 Å². The molecule has 0 radical (unpaired) electrons. The number of hydrogen-bond donors (Lipinski definition) is 1. The Kier molecular flexibility index (Phi) is 2.74. The van der Waals surface area contributed by atoms with Crippen LogP contribution in [0.1, 0.15) is 5.56 Å². The largest absolute Gasteiger partial charge is 0.330 e. The maximum atomic E-state index is 5.68. The fourth-order valence-electron chi connectivity index (χ4n) is 2.05. The third kappa shape index (κ3) is 1.74. The standard InChI is InChI=1S/C13H13N5/c14-5-2-11-12(10-3-7-15-8-4-10)17-18-9-1-6-16-13(11)18/h1,3-4,6-9H,2,5,14H2. The molecule has 90 valence electrons. The first-order valence-corrected chi connectivity index (χ1v) is 5.83. The Morgan fingerprint density at radius 1 is 1.17 bits per heavy atom. The predicted octanol–water partition coefficient (Wildman–Crippen LogP) is 1.29. The van der Waals surface area contributed by atoms with Gasteiger partial charge in [0.05, 0.1) is 5.69 Å². The topological polar surface area (TPSA) is 69.1 Å². The second kappa shape index (κ2) is 4.54. The summed E-state index contributed by atoms with van der Waals surface area (Å²) in [6.07, 6.45) is 7.95. The zero-order chi connectivity index (χ0) is 12.4. The SMILES string of the molecule is NCCc1c(-c2ccncc2)nn2cccnc12. The van der Waals surface area contributed by atoms with Crippen molar-refractivity contribution in [3.8, 4) is 11.3 Å². The van der Waals surface area contributed by atoms with Crippen molar-refractivity contribution in [1.82, 2.24) is 19.6 Å². The van der Waals surface area contributed by atoms with Crippen LogP contribution in [0, 0.1) is 0 Å². The van der Waals surface area contributed by atoms with Gasteiger partial charge in [-0.3, -0.25) is 4.98 Å². The molecule has 0 aliphatic rings. The van der Waals surface area contributed by atoms with Crippen LogP contribution in [-0.2, 0) is 6.42 Å². The molecule has 5 heteroatoms. The van der Waals surface area contributed by atoms with E-state index in [2.05, 4.69) is 15.1 Å². The lowest BCUT2D eigenvalue weighted by molar-refractivity contribution is 0.941. The number of fused-ring (bicyclic) bond motifs is 1. The Morgan fingerprint density at radius 2 is 2.00 bits per heavy atom. The lowest BCUT2D eigenvalue weighted by Gasteiger charge is -2.00. The van der Waals surface area contributed by atoms with Gasteiger partial charge in [0.25, 0.3) is 0 Å². The first kappa shape index (κ1) is 10.9. The molecule has 5 nitrogen and oxygen atoms in total. The summed E-state index contributed by atoms with van der Waals surface area (Å²) < 4.78 is 1.79. The Morgan fingerprint density at radius 3 is 2.78 bits per heavy atom. The number of pyridine rings is 1. The van der Waals surface area contributed by atoms with Gasteiger partial charge < -0.3 is 5.73 Å². The molecule has 0 aliphatic heterocycles. The van der Waals surface area contributed by atoms with E-state index >= 15 is 0 Å². The zero-order valence-corrected chi connectivity index (χ0v) is 9.82. The van der Waals surface area contributed by atoms with Crippen LogP contribution in [0.15, 0.2) is 43.0 Å². The summed E-state index contributed by atoms with van der Waals surface area (Å²) in [6.45, 7) is 0.579. The van der Waals surface area contributed by atoms with E-state index in [9.17, 15) is 0 Å². The molecule has 2 N–H and O–H groups in total. The van der Waals surface area contributed by atoms with Gasteiger partial charge in [-0.25, -0.2) is 9.50 Å². The third-order valence-electron chi connectivity index (χ3n) is 2.84. The molecule has 3 aromatic rings. The normalized spacial score (nSPS) is 10.9. The molecule has 0 aliphatic carbocycles. The second-order valence-electron chi connectivity index (χ2n) is 3.99. The van der Waals surface area contributed by atoms with Crippen LogP contribution in [0.25, 0.3) is 16.9 Å². The lowest BCUT2D eigenvalue weighted by Crippen LogP contribution is -2.03. The van der Waals surface area contributed by atoms with Gasteiger partial charge in [-0.1, -0.05) is 0 Å². The molecule has 3 aromatic heterocycles. The highest BCUT2D eigenvalue weighted by Gasteiger charge is 2.14. The van der Waals surface area contributed by atoms with Crippen molar-refractivity contribution in [3.05, 3.63) is 48.5 Å². The van der Waals surface area contributed by atoms with Gasteiger partial charge in [0.15, 0.2) is 5.65 Å². The molecule has 0 spiro atoms. The molecule has 0 atom stereocenters. The molecule has 0 bridgehead atoms. The number of nitrogens with two attached hydrogens (primary N) is 1. The predicted molar refractivity (Wildman–Crippen MR) is 69.0 cm³/mol. The molecule has 0 unspecified atom stereocenters. The van der Waals surface area contributed by atoms with Crippen molar-refractivity contribution < 1.29 is 0 Å². The number of rotatable bonds is 3. The van der Waals surface area contributed by atoms with E-state index in [1.165, 1.54) is 0 Å². The lowest BCUT2D eigenvalue weighted by atomic mass is 10.1. The average Bonchev–Trinajstić information content (AvgIpc) is 2.80. The molecule has 18 heavy (non-hydrogen) atoms. The summed E-state index contributed by atoms with van der Waals surface area (Å²) in [6, 6.07) is 5.76. The monoisotopic (exact) mass is 239 g/mol. The van der Waals surface area contributed by atoms with E-state index in [1.807, 2.05) is 24.4 Å². The number of aromatic nitrogens is 4. The highest BCUT2D eigenvalue weighted by molar-refractivity contribution is 5.70. The minimum absolute atomic E-state index is 0.579. The second-order valence-corrected chi connectivity index (χ2v) is 3.99. The van der Waals surface area contributed by atoms with Crippen LogP contribution in [0.4, 0.5) is 0 Å². The molecule has 0 aromatic carbocycles. The molecular weight excluding hydrogens is 226 g/mol. The highest BCUT2D eigenvalue weighted by atomic mass is 15.2. The van der Waals surface area contributed by atoms with E-state index in [4.69, 9.17) is 5.73 Å². The van der Waals surface area contributed by atoms with Gasteiger partial charge in [-0.05, 0) is 31.2 Å². The van der Waals surface area contributed by atoms with E-state index < -0.39 is 0 Å². The average molecular weight is 239 g/mol. The molecule has 3 rings (SSSR count). The summed E-state index contributed by atoms with van der Waals surface area (Å²) in [4.78, 5) is 8.40. The molecule has 3 heterocycles. The Labute approximate surface area is 104 Å². The van der Waals surface area contributed by atoms with Crippen LogP contribution >= 0.6 is 0 Å². The maximum absolute atomic E-state index is 5.68. The van der Waals surface area contributed by atoms with Gasteiger partial charge >= 0.3 is 0 Å². The third-order valence-corrected chi connectivity index (χ3v) is 2.84. The van der Waals surface area contributed by atoms with Crippen molar-refractivity contribution >= 4 is 5.65 Å². The minimum atomic E-state index is 0.579. The highest BCUT2D eigenvalue weighted by Crippen LogP contribution is 2.24. The van der Waals surface area contributed by atoms with Gasteiger partial charge in [-0.15, -0.1) is 0 Å². The maximum Gasteiger partial charge on any atom is 0.158 e. The van der Waals surface area contributed by atoms with Crippen molar-refractivity contribution in [2.24, 2.45) is 5.73 Å². The van der Waals surface area contributed by atoms with Crippen molar-refractivity contribution in [3.63, 3.8) is 0 Å². The molecule has 0 amide bonds. The molecular formula is C13H13N5. The van der Waals surface area contributed by atoms with Gasteiger partial charge in [-0.2, -0.15) is 5.10 Å². The number of hydrogen-bond acceptors (Lipinski definition) is 4. The van der Waals surface area contributed by atoms with Crippen LogP contribution in [0.3, 0.4) is 0 Å². The van der Waals surface area contributed by atoms with Crippen LogP contribution in [0.5, 0.6) is 0 Å². The van der Waals surface area contributed by atoms with Crippen LogP contribution in [0.2, 0.25) is 0 Å². The molecule has 0 saturated carbocycles. The fourth-order valence-corrected chi connectivity index (χ4v) is 2.05. The zero-order valence-electron chi connectivity index (χ0n) is 9.82. The molecule has 0 fully saturated rings. The number of nitrogens with zero attached hydrogens (tertiary/aromatic N) is 4. The fraction of sp³-hybridized carbons (Fsp3) is 0.154. The first-order chi connectivity index (χ1) is 8.90. The van der Waals surface area contributed by atoms with Gasteiger partial charge in [0.2, 0.25) is 0 Å². The molecule has 0 saturated heterocycles. The van der Waals surface area contributed by atoms with E-state index in [0.29, 0.717) is 6.54 Å². The van der Waals surface area contributed by atoms with Gasteiger partial charge in [0.1, 0.15) is 0 Å². The van der Waals surface area contributed by atoms with E-state index in [0.717, 1.165) is 28.9 Å². The Bertz CT molecular complexity index is 659. The summed E-state index contributed by atoms with van der Waals surface area (Å²) in [5.74, 6) is 0. The Hall–Kier alpha value is -2.27. The van der Waals surface area contributed by atoms with Crippen LogP contribution < -0.4 is 5.73 Å². The summed E-state index contributed by atoms with van der Waals surface area (Å²) in [5, 5.41) is 4.57. The summed E-state index contributed by atoms with van der Waals surface area (Å²) in [5.41, 5.74) is 9.61. The van der Waals surface area contributed by atoms with Crippen molar-refractivity contribution in [1.29, 1.82) is 0 Å². The Balaban J connectivity index is 2.25.